The summed E-state index contributed by atoms with van der Waals surface area (Å²) in [6.45, 7) is 3.81. The predicted molar refractivity (Wildman–Crippen MR) is 100 cm³/mol. The third kappa shape index (κ3) is 3.94. The second kappa shape index (κ2) is 7.62. The maximum atomic E-state index is 14.4. The van der Waals surface area contributed by atoms with Crippen molar-refractivity contribution >= 4 is 11.0 Å². The van der Waals surface area contributed by atoms with E-state index < -0.39 is 12.3 Å². The number of aromatic nitrogens is 3. The summed E-state index contributed by atoms with van der Waals surface area (Å²) in [7, 11) is 1.63. The first-order valence-electron chi connectivity index (χ1n) is 9.03. The summed E-state index contributed by atoms with van der Waals surface area (Å²) in [6.07, 6.45) is 0.297. The Hall–Kier alpha value is -2.51. The van der Waals surface area contributed by atoms with Gasteiger partial charge in [-0.05, 0) is 30.7 Å². The Morgan fingerprint density at radius 1 is 1.30 bits per heavy atom. The molecule has 0 saturated carbocycles. The Morgan fingerprint density at radius 3 is 3.00 bits per heavy atom. The minimum absolute atomic E-state index is 0.249. The van der Waals surface area contributed by atoms with Crippen molar-refractivity contribution < 1.29 is 13.9 Å². The Balaban J connectivity index is 1.36. The quantitative estimate of drug-likeness (QED) is 0.723. The van der Waals surface area contributed by atoms with E-state index in [-0.39, 0.29) is 6.61 Å². The van der Waals surface area contributed by atoms with E-state index in [0.29, 0.717) is 25.5 Å². The van der Waals surface area contributed by atoms with Crippen LogP contribution in [0.3, 0.4) is 0 Å². The summed E-state index contributed by atoms with van der Waals surface area (Å²) in [5.41, 5.74) is 3.82. The van der Waals surface area contributed by atoms with Gasteiger partial charge in [-0.3, -0.25) is 9.88 Å². The van der Waals surface area contributed by atoms with Crippen LogP contribution in [0.2, 0.25) is 0 Å². The minimum Gasteiger partial charge on any atom is -0.497 e. The molecule has 0 radical (unpaired) electrons. The summed E-state index contributed by atoms with van der Waals surface area (Å²) < 4.78 is 25.5. The highest BCUT2D eigenvalue weighted by Crippen LogP contribution is 2.22. The SMILES string of the molecule is COc1ccc2nc(COC3CN(Cc4ncccc4C)CC3F)[nH]c2c1. The molecule has 3 heterocycles. The number of rotatable bonds is 6. The molecule has 1 N–H and O–H groups in total. The maximum absolute atomic E-state index is 14.4. The van der Waals surface area contributed by atoms with E-state index in [9.17, 15) is 4.39 Å². The molecular formula is C20H23FN4O2. The predicted octanol–water partition coefficient (Wildman–Crippen LogP) is 3.01. The number of aromatic amines is 1. The van der Waals surface area contributed by atoms with Crippen molar-refractivity contribution in [2.45, 2.75) is 32.4 Å². The molecule has 1 aliphatic rings. The highest BCUT2D eigenvalue weighted by Gasteiger charge is 2.34. The molecule has 7 heteroatoms. The minimum atomic E-state index is -1.02. The van der Waals surface area contributed by atoms with Crippen molar-refractivity contribution in [2.75, 3.05) is 20.2 Å². The molecular weight excluding hydrogens is 347 g/mol. The highest BCUT2D eigenvalue weighted by atomic mass is 19.1. The number of methoxy groups -OCH3 is 1. The number of aryl methyl sites for hydroxylation is 1. The van der Waals surface area contributed by atoms with Crippen molar-refractivity contribution in [1.82, 2.24) is 19.9 Å². The number of pyridine rings is 1. The second-order valence-corrected chi connectivity index (χ2v) is 6.89. The Labute approximate surface area is 157 Å². The molecule has 4 rings (SSSR count). The van der Waals surface area contributed by atoms with E-state index in [1.165, 1.54) is 0 Å². The van der Waals surface area contributed by atoms with Crippen molar-refractivity contribution in [3.63, 3.8) is 0 Å². The maximum Gasteiger partial charge on any atom is 0.140 e. The molecule has 2 atom stereocenters. The van der Waals surface area contributed by atoms with Crippen LogP contribution in [0, 0.1) is 6.92 Å². The Morgan fingerprint density at radius 2 is 2.19 bits per heavy atom. The van der Waals surface area contributed by atoms with Crippen molar-refractivity contribution in [3.05, 3.63) is 53.6 Å². The standard InChI is InChI=1S/C20H23FN4O2/c1-13-4-3-7-22-18(13)10-25-9-15(21)19(11-25)27-12-20-23-16-6-5-14(26-2)8-17(16)24-20/h3-8,15,19H,9-12H2,1-2H3,(H,23,24). The molecule has 142 valence electrons. The molecule has 6 nitrogen and oxygen atoms in total. The monoisotopic (exact) mass is 370 g/mol. The number of halogens is 1. The Kier molecular flexibility index (Phi) is 5.05. The van der Waals surface area contributed by atoms with Crippen LogP contribution in [0.1, 0.15) is 17.1 Å². The first-order chi connectivity index (χ1) is 13.1. The number of nitrogens with zero attached hydrogens (tertiary/aromatic N) is 3. The number of fused-ring (bicyclic) bond motifs is 1. The van der Waals surface area contributed by atoms with E-state index in [1.807, 2.05) is 42.2 Å². The van der Waals surface area contributed by atoms with Crippen molar-refractivity contribution in [2.24, 2.45) is 0 Å². The van der Waals surface area contributed by atoms with Crippen molar-refractivity contribution in [1.29, 1.82) is 0 Å². The van der Waals surface area contributed by atoms with Gasteiger partial charge < -0.3 is 14.5 Å². The summed E-state index contributed by atoms with van der Waals surface area (Å²) in [4.78, 5) is 14.1. The van der Waals surface area contributed by atoms with Crippen LogP contribution in [0.5, 0.6) is 5.75 Å². The van der Waals surface area contributed by atoms with Crippen LogP contribution in [0.15, 0.2) is 36.5 Å². The van der Waals surface area contributed by atoms with Crippen molar-refractivity contribution in [3.8, 4) is 5.75 Å². The van der Waals surface area contributed by atoms with Gasteiger partial charge in [0.25, 0.3) is 0 Å². The third-order valence-corrected chi connectivity index (χ3v) is 4.94. The first-order valence-corrected chi connectivity index (χ1v) is 9.03. The molecule has 3 aromatic rings. The molecule has 2 unspecified atom stereocenters. The summed E-state index contributed by atoms with van der Waals surface area (Å²) in [6, 6.07) is 9.57. The number of likely N-dealkylation sites (tertiary alicyclic amines) is 1. The van der Waals surface area contributed by atoms with Gasteiger partial charge in [-0.15, -0.1) is 0 Å². The lowest BCUT2D eigenvalue weighted by Crippen LogP contribution is -2.25. The van der Waals surface area contributed by atoms with Crippen LogP contribution in [-0.2, 0) is 17.9 Å². The lowest BCUT2D eigenvalue weighted by Gasteiger charge is -2.16. The molecule has 0 bridgehead atoms. The molecule has 1 fully saturated rings. The number of benzene rings is 1. The summed E-state index contributed by atoms with van der Waals surface area (Å²) in [5.74, 6) is 1.45. The van der Waals surface area contributed by atoms with Gasteiger partial charge in [0.15, 0.2) is 0 Å². The Bertz CT molecular complexity index is 929. The lowest BCUT2D eigenvalue weighted by atomic mass is 10.2. The molecule has 2 aromatic heterocycles. The van der Waals surface area contributed by atoms with Crippen LogP contribution in [0.25, 0.3) is 11.0 Å². The molecule has 1 aromatic carbocycles. The van der Waals surface area contributed by atoms with Gasteiger partial charge in [0.05, 0.1) is 23.8 Å². The number of ether oxygens (including phenoxy) is 2. The fourth-order valence-electron chi connectivity index (χ4n) is 3.41. The van der Waals surface area contributed by atoms with Gasteiger partial charge >= 0.3 is 0 Å². The molecule has 0 amide bonds. The van der Waals surface area contributed by atoms with E-state index in [4.69, 9.17) is 9.47 Å². The molecule has 0 aliphatic carbocycles. The molecule has 27 heavy (non-hydrogen) atoms. The molecule has 1 saturated heterocycles. The van der Waals surface area contributed by atoms with E-state index in [1.54, 1.807) is 13.3 Å². The van der Waals surface area contributed by atoms with Crippen LogP contribution in [-0.4, -0.2) is 52.3 Å². The van der Waals surface area contributed by atoms with Gasteiger partial charge in [-0.2, -0.15) is 0 Å². The molecule has 0 spiro atoms. The van der Waals surface area contributed by atoms with Crippen LogP contribution in [0.4, 0.5) is 4.39 Å². The smallest absolute Gasteiger partial charge is 0.140 e. The number of H-pyrrole nitrogens is 1. The fourth-order valence-corrected chi connectivity index (χ4v) is 3.41. The van der Waals surface area contributed by atoms with Gasteiger partial charge in [-0.25, -0.2) is 9.37 Å². The van der Waals surface area contributed by atoms with E-state index >= 15 is 0 Å². The normalized spacial score (nSPS) is 20.4. The second-order valence-electron chi connectivity index (χ2n) is 6.89. The number of hydrogen-bond donors (Lipinski definition) is 1. The zero-order valence-electron chi connectivity index (χ0n) is 15.5. The first kappa shape index (κ1) is 17.9. The fraction of sp³-hybridized carbons (Fsp3) is 0.400. The topological polar surface area (TPSA) is 63.3 Å². The van der Waals surface area contributed by atoms with Gasteiger partial charge in [0.2, 0.25) is 0 Å². The number of alkyl halides is 1. The van der Waals surface area contributed by atoms with Crippen LogP contribution < -0.4 is 4.74 Å². The van der Waals surface area contributed by atoms with E-state index in [2.05, 4.69) is 15.0 Å². The zero-order chi connectivity index (χ0) is 18.8. The lowest BCUT2D eigenvalue weighted by molar-refractivity contribution is 0.00861. The van der Waals surface area contributed by atoms with Gasteiger partial charge in [-0.1, -0.05) is 6.07 Å². The van der Waals surface area contributed by atoms with Gasteiger partial charge in [0.1, 0.15) is 30.5 Å². The van der Waals surface area contributed by atoms with Crippen LogP contribution >= 0.6 is 0 Å². The average Bonchev–Trinajstić information content (AvgIpc) is 3.23. The zero-order valence-corrected chi connectivity index (χ0v) is 15.5. The third-order valence-electron chi connectivity index (χ3n) is 4.94. The van der Waals surface area contributed by atoms with Gasteiger partial charge in [0, 0.05) is 31.9 Å². The summed E-state index contributed by atoms with van der Waals surface area (Å²) in [5, 5.41) is 0. The molecule has 1 aliphatic heterocycles. The average molecular weight is 370 g/mol. The van der Waals surface area contributed by atoms with E-state index in [0.717, 1.165) is 28.0 Å². The highest BCUT2D eigenvalue weighted by molar-refractivity contribution is 5.76. The number of hydrogen-bond acceptors (Lipinski definition) is 5. The number of nitrogens with one attached hydrogen (secondary N) is 1. The largest absolute Gasteiger partial charge is 0.497 e. The summed E-state index contributed by atoms with van der Waals surface area (Å²) >= 11 is 0. The number of imidazole rings is 1.